The van der Waals surface area contributed by atoms with Gasteiger partial charge in [-0.1, -0.05) is 6.07 Å². The van der Waals surface area contributed by atoms with E-state index in [1.54, 1.807) is 29.7 Å². The van der Waals surface area contributed by atoms with Gasteiger partial charge in [-0.05, 0) is 51.0 Å². The third-order valence-corrected chi connectivity index (χ3v) is 4.64. The van der Waals surface area contributed by atoms with Crippen LogP contribution in [-0.4, -0.2) is 64.6 Å². The molecule has 2 heterocycles. The fourth-order valence-electron chi connectivity index (χ4n) is 3.40. The van der Waals surface area contributed by atoms with Crippen LogP contribution in [-0.2, 0) is 4.74 Å². The number of nitrogens with one attached hydrogen (secondary N) is 1. The Morgan fingerprint density at radius 3 is 2.21 bits per heavy atom. The number of piperazine rings is 1. The maximum Gasteiger partial charge on any atom is 0.409 e. The van der Waals surface area contributed by atoms with Crippen LogP contribution in [0.5, 0.6) is 0 Å². The summed E-state index contributed by atoms with van der Waals surface area (Å²) in [6.07, 6.45) is -0.336. The van der Waals surface area contributed by atoms with Gasteiger partial charge in [0, 0.05) is 37.9 Å². The SMILES string of the molecule is CCOC(=O)N1CCN(C(=O)c2cc(Nc3cc(C)cc(C)c3)nc(C)n2)CC1. The normalized spacial score (nSPS) is 13.9. The Bertz CT molecular complexity index is 887. The molecule has 1 N–H and O–H groups in total. The number of ether oxygens (including phenoxy) is 1. The molecular formula is C21H27N5O3. The minimum absolute atomic E-state index is 0.164. The van der Waals surface area contributed by atoms with Crippen molar-refractivity contribution in [2.45, 2.75) is 27.7 Å². The molecule has 0 radical (unpaired) electrons. The molecule has 0 atom stereocenters. The van der Waals surface area contributed by atoms with Crippen LogP contribution in [0.2, 0.25) is 0 Å². The molecule has 2 aromatic rings. The predicted molar refractivity (Wildman–Crippen MR) is 110 cm³/mol. The number of aromatic nitrogens is 2. The van der Waals surface area contributed by atoms with E-state index in [-0.39, 0.29) is 12.0 Å². The zero-order chi connectivity index (χ0) is 21.0. The molecule has 1 aliphatic rings. The average Bonchev–Trinajstić information content (AvgIpc) is 2.66. The van der Waals surface area contributed by atoms with E-state index < -0.39 is 0 Å². The molecule has 1 aliphatic heterocycles. The molecule has 0 bridgehead atoms. The number of hydrogen-bond acceptors (Lipinski definition) is 6. The van der Waals surface area contributed by atoms with Gasteiger partial charge >= 0.3 is 6.09 Å². The van der Waals surface area contributed by atoms with Crippen LogP contribution in [0.4, 0.5) is 16.3 Å². The van der Waals surface area contributed by atoms with Gasteiger partial charge in [0.25, 0.3) is 5.91 Å². The minimum Gasteiger partial charge on any atom is -0.450 e. The Hall–Kier alpha value is -3.16. The summed E-state index contributed by atoms with van der Waals surface area (Å²) in [5.41, 5.74) is 3.55. The fraction of sp³-hybridized carbons (Fsp3) is 0.429. The molecule has 8 nitrogen and oxygen atoms in total. The highest BCUT2D eigenvalue weighted by atomic mass is 16.6. The summed E-state index contributed by atoms with van der Waals surface area (Å²) in [5, 5.41) is 3.27. The molecule has 1 fully saturated rings. The smallest absolute Gasteiger partial charge is 0.409 e. The van der Waals surface area contributed by atoms with E-state index in [1.807, 2.05) is 26.0 Å². The molecule has 1 aromatic carbocycles. The van der Waals surface area contributed by atoms with Gasteiger partial charge in [0.1, 0.15) is 17.3 Å². The van der Waals surface area contributed by atoms with Gasteiger partial charge < -0.3 is 19.9 Å². The molecule has 154 valence electrons. The molecule has 2 amide bonds. The second-order valence-electron chi connectivity index (χ2n) is 7.17. The van der Waals surface area contributed by atoms with Crippen molar-refractivity contribution in [1.29, 1.82) is 0 Å². The molecule has 1 aromatic heterocycles. The van der Waals surface area contributed by atoms with E-state index in [2.05, 4.69) is 21.4 Å². The van der Waals surface area contributed by atoms with Crippen LogP contribution in [0.15, 0.2) is 24.3 Å². The first-order valence-corrected chi connectivity index (χ1v) is 9.77. The lowest BCUT2D eigenvalue weighted by Gasteiger charge is -2.33. The van der Waals surface area contributed by atoms with Crippen LogP contribution in [0.25, 0.3) is 0 Å². The summed E-state index contributed by atoms with van der Waals surface area (Å²) in [4.78, 5) is 36.8. The van der Waals surface area contributed by atoms with Crippen molar-refractivity contribution in [2.75, 3.05) is 38.1 Å². The highest BCUT2D eigenvalue weighted by molar-refractivity contribution is 5.93. The molecule has 0 saturated carbocycles. The lowest BCUT2D eigenvalue weighted by Crippen LogP contribution is -2.50. The Balaban J connectivity index is 1.71. The first kappa shape index (κ1) is 20.6. The maximum atomic E-state index is 12.9. The highest BCUT2D eigenvalue weighted by Crippen LogP contribution is 2.19. The maximum absolute atomic E-state index is 12.9. The molecule has 3 rings (SSSR count). The number of nitrogens with zero attached hydrogens (tertiary/aromatic N) is 4. The van der Waals surface area contributed by atoms with Crippen molar-refractivity contribution in [3.05, 3.63) is 46.9 Å². The predicted octanol–water partition coefficient (Wildman–Crippen LogP) is 3.06. The Morgan fingerprint density at radius 1 is 0.966 bits per heavy atom. The molecule has 0 spiro atoms. The van der Waals surface area contributed by atoms with Crippen molar-refractivity contribution >= 4 is 23.5 Å². The third kappa shape index (κ3) is 5.22. The van der Waals surface area contributed by atoms with Crippen molar-refractivity contribution in [3.8, 4) is 0 Å². The quantitative estimate of drug-likeness (QED) is 0.853. The topological polar surface area (TPSA) is 87.7 Å². The van der Waals surface area contributed by atoms with E-state index in [4.69, 9.17) is 4.74 Å². The van der Waals surface area contributed by atoms with Crippen LogP contribution in [0.3, 0.4) is 0 Å². The number of aryl methyl sites for hydroxylation is 3. The number of amides is 2. The summed E-state index contributed by atoms with van der Waals surface area (Å²) in [6, 6.07) is 7.83. The lowest BCUT2D eigenvalue weighted by atomic mass is 10.1. The van der Waals surface area contributed by atoms with E-state index in [9.17, 15) is 9.59 Å². The number of hydrogen-bond donors (Lipinski definition) is 1. The molecule has 1 saturated heterocycles. The number of anilines is 2. The number of benzene rings is 1. The minimum atomic E-state index is -0.336. The van der Waals surface area contributed by atoms with E-state index in [0.717, 1.165) is 16.8 Å². The Morgan fingerprint density at radius 2 is 1.59 bits per heavy atom. The second kappa shape index (κ2) is 8.89. The summed E-state index contributed by atoms with van der Waals surface area (Å²) < 4.78 is 5.02. The van der Waals surface area contributed by atoms with Gasteiger partial charge in [-0.2, -0.15) is 0 Å². The zero-order valence-electron chi connectivity index (χ0n) is 17.4. The monoisotopic (exact) mass is 397 g/mol. The average molecular weight is 397 g/mol. The van der Waals surface area contributed by atoms with Crippen LogP contribution in [0.1, 0.15) is 34.4 Å². The summed E-state index contributed by atoms with van der Waals surface area (Å²) in [6.45, 7) is 9.74. The summed E-state index contributed by atoms with van der Waals surface area (Å²) in [5.74, 6) is 0.936. The molecule has 0 aliphatic carbocycles. The summed E-state index contributed by atoms with van der Waals surface area (Å²) >= 11 is 0. The van der Waals surface area contributed by atoms with E-state index in [0.29, 0.717) is 50.1 Å². The van der Waals surface area contributed by atoms with Crippen molar-refractivity contribution in [1.82, 2.24) is 19.8 Å². The van der Waals surface area contributed by atoms with E-state index in [1.165, 1.54) is 0 Å². The second-order valence-corrected chi connectivity index (χ2v) is 7.17. The fourth-order valence-corrected chi connectivity index (χ4v) is 3.40. The van der Waals surface area contributed by atoms with Gasteiger partial charge in [0.15, 0.2) is 0 Å². The summed E-state index contributed by atoms with van der Waals surface area (Å²) in [7, 11) is 0. The van der Waals surface area contributed by atoms with Crippen LogP contribution in [0, 0.1) is 20.8 Å². The van der Waals surface area contributed by atoms with Crippen molar-refractivity contribution in [2.24, 2.45) is 0 Å². The standard InChI is InChI=1S/C21H27N5O3/c1-5-29-21(28)26-8-6-25(7-9-26)20(27)18-13-19(23-16(4)22-18)24-17-11-14(2)10-15(3)12-17/h10-13H,5-9H2,1-4H3,(H,22,23,24). The largest absolute Gasteiger partial charge is 0.450 e. The van der Waals surface area contributed by atoms with Gasteiger partial charge in [-0.15, -0.1) is 0 Å². The zero-order valence-corrected chi connectivity index (χ0v) is 17.4. The molecule has 0 unspecified atom stereocenters. The van der Waals surface area contributed by atoms with Crippen molar-refractivity contribution in [3.63, 3.8) is 0 Å². The van der Waals surface area contributed by atoms with E-state index >= 15 is 0 Å². The van der Waals surface area contributed by atoms with Crippen molar-refractivity contribution < 1.29 is 14.3 Å². The molecule has 29 heavy (non-hydrogen) atoms. The Labute approximate surface area is 170 Å². The molecular weight excluding hydrogens is 370 g/mol. The number of rotatable bonds is 4. The lowest BCUT2D eigenvalue weighted by molar-refractivity contribution is 0.0565. The number of carbonyl (C=O) groups excluding carboxylic acids is 2. The Kier molecular flexibility index (Phi) is 6.31. The van der Waals surface area contributed by atoms with Gasteiger partial charge in [0.2, 0.25) is 0 Å². The van der Waals surface area contributed by atoms with Gasteiger partial charge in [-0.25, -0.2) is 14.8 Å². The first-order valence-electron chi connectivity index (χ1n) is 9.77. The molecule has 8 heteroatoms. The van der Waals surface area contributed by atoms with Gasteiger partial charge in [0.05, 0.1) is 6.61 Å². The first-order chi connectivity index (χ1) is 13.9. The van der Waals surface area contributed by atoms with Gasteiger partial charge in [-0.3, -0.25) is 4.79 Å². The highest BCUT2D eigenvalue weighted by Gasteiger charge is 2.26. The van der Waals surface area contributed by atoms with Crippen LogP contribution < -0.4 is 5.32 Å². The third-order valence-electron chi connectivity index (χ3n) is 4.64. The van der Waals surface area contributed by atoms with Crippen LogP contribution >= 0.6 is 0 Å². The number of carbonyl (C=O) groups is 2.